The van der Waals surface area contributed by atoms with Gasteiger partial charge in [-0.2, -0.15) is 0 Å². The van der Waals surface area contributed by atoms with Gasteiger partial charge in [-0.05, 0) is 96.3 Å². The van der Waals surface area contributed by atoms with Crippen molar-refractivity contribution in [2.45, 2.75) is 251 Å². The lowest BCUT2D eigenvalue weighted by atomic mass is 10.0. The molecule has 0 saturated carbocycles. The van der Waals surface area contributed by atoms with E-state index in [9.17, 15) is 19.0 Å². The number of ether oxygens (including phenoxy) is 2. The number of esters is 2. The summed E-state index contributed by atoms with van der Waals surface area (Å²) in [5.74, 6) is -0.899. The number of hydrogen-bond donors (Lipinski definition) is 2. The lowest BCUT2D eigenvalue weighted by Gasteiger charge is -2.19. The van der Waals surface area contributed by atoms with Crippen molar-refractivity contribution >= 4 is 19.8 Å². The van der Waals surface area contributed by atoms with Crippen LogP contribution >= 0.6 is 7.82 Å². The topological polar surface area (TPSA) is 134 Å². The van der Waals surface area contributed by atoms with Crippen molar-refractivity contribution in [2.24, 2.45) is 5.73 Å². The zero-order chi connectivity index (χ0) is 53.1. The first-order chi connectivity index (χ1) is 35.8. The highest BCUT2D eigenvalue weighted by molar-refractivity contribution is 7.47. The Morgan fingerprint density at radius 1 is 0.425 bits per heavy atom. The number of carbonyl (C=O) groups excluding carboxylic acids is 2. The van der Waals surface area contributed by atoms with Gasteiger partial charge < -0.3 is 20.1 Å². The molecule has 0 radical (unpaired) electrons. The largest absolute Gasteiger partial charge is 0.472 e. The second kappa shape index (κ2) is 57.9. The molecule has 0 saturated heterocycles. The molecule has 0 aliphatic heterocycles. The highest BCUT2D eigenvalue weighted by atomic mass is 31.2. The van der Waals surface area contributed by atoms with Gasteiger partial charge in [0.2, 0.25) is 0 Å². The summed E-state index contributed by atoms with van der Waals surface area (Å²) >= 11 is 0. The summed E-state index contributed by atoms with van der Waals surface area (Å²) in [4.78, 5) is 35.2. The normalized spacial score (nSPS) is 13.9. The Bertz CT molecular complexity index is 1560. The lowest BCUT2D eigenvalue weighted by Crippen LogP contribution is -2.29. The van der Waals surface area contributed by atoms with Crippen LogP contribution in [0.15, 0.2) is 109 Å². The third kappa shape index (κ3) is 57.8. The van der Waals surface area contributed by atoms with Crippen LogP contribution in [-0.2, 0) is 32.7 Å². The van der Waals surface area contributed by atoms with Gasteiger partial charge in [-0.15, -0.1) is 0 Å². The summed E-state index contributed by atoms with van der Waals surface area (Å²) in [7, 11) is -4.41. The van der Waals surface area contributed by atoms with Crippen molar-refractivity contribution in [2.75, 3.05) is 26.4 Å². The molecular formula is C63H108NO8P. The Morgan fingerprint density at radius 3 is 1.16 bits per heavy atom. The zero-order valence-corrected chi connectivity index (χ0v) is 47.5. The van der Waals surface area contributed by atoms with Gasteiger partial charge in [-0.25, -0.2) is 4.57 Å². The summed E-state index contributed by atoms with van der Waals surface area (Å²) in [5, 5.41) is 0. The summed E-state index contributed by atoms with van der Waals surface area (Å²) in [5.41, 5.74) is 5.38. The first kappa shape index (κ1) is 69.7. The quantitative estimate of drug-likeness (QED) is 0.0264. The summed E-state index contributed by atoms with van der Waals surface area (Å²) in [6.45, 7) is 3.56. The number of rotatable bonds is 54. The van der Waals surface area contributed by atoms with Crippen molar-refractivity contribution in [3.8, 4) is 0 Å². The molecule has 0 fully saturated rings. The zero-order valence-electron chi connectivity index (χ0n) is 46.6. The Hall–Kier alpha value is -3.33. The molecule has 0 aromatic carbocycles. The van der Waals surface area contributed by atoms with Crippen LogP contribution in [0.1, 0.15) is 245 Å². The maximum absolute atomic E-state index is 12.7. The maximum atomic E-state index is 12.7. The van der Waals surface area contributed by atoms with Crippen LogP contribution in [0.4, 0.5) is 0 Å². The summed E-state index contributed by atoms with van der Waals surface area (Å²) in [6, 6.07) is 0. The molecule has 0 heterocycles. The fourth-order valence-electron chi connectivity index (χ4n) is 7.83. The van der Waals surface area contributed by atoms with E-state index in [1.54, 1.807) is 0 Å². The Kier molecular flexibility index (Phi) is 55.3. The first-order valence-electron chi connectivity index (χ1n) is 29.4. The van der Waals surface area contributed by atoms with E-state index in [4.69, 9.17) is 24.3 Å². The van der Waals surface area contributed by atoms with E-state index in [2.05, 4.69) is 117 Å². The van der Waals surface area contributed by atoms with Crippen molar-refractivity contribution in [1.82, 2.24) is 0 Å². The van der Waals surface area contributed by atoms with E-state index in [1.165, 1.54) is 135 Å². The molecule has 0 aliphatic rings. The molecule has 3 N–H and O–H groups in total. The monoisotopic (exact) mass is 1040 g/mol. The molecule has 2 unspecified atom stereocenters. The van der Waals surface area contributed by atoms with Crippen LogP contribution in [0.2, 0.25) is 0 Å². The molecule has 73 heavy (non-hydrogen) atoms. The molecule has 0 aromatic heterocycles. The number of phosphoric ester groups is 1. The molecule has 0 bridgehead atoms. The maximum Gasteiger partial charge on any atom is 0.472 e. The van der Waals surface area contributed by atoms with Crippen LogP contribution in [-0.4, -0.2) is 49.3 Å². The third-order valence-electron chi connectivity index (χ3n) is 12.1. The average Bonchev–Trinajstić information content (AvgIpc) is 3.38. The number of carbonyl (C=O) groups is 2. The molecular weight excluding hydrogens is 930 g/mol. The van der Waals surface area contributed by atoms with Crippen LogP contribution in [0.25, 0.3) is 0 Å². The molecule has 2 atom stereocenters. The van der Waals surface area contributed by atoms with Gasteiger partial charge in [0, 0.05) is 19.4 Å². The van der Waals surface area contributed by atoms with Gasteiger partial charge in [0.25, 0.3) is 0 Å². The van der Waals surface area contributed by atoms with Crippen LogP contribution in [0, 0.1) is 0 Å². The van der Waals surface area contributed by atoms with Crippen LogP contribution in [0.5, 0.6) is 0 Å². The second-order valence-corrected chi connectivity index (χ2v) is 20.6. The molecule has 9 nitrogen and oxygen atoms in total. The standard InChI is InChI=1S/C63H108NO8P/c1-3-5-7-9-11-13-15-17-19-21-23-25-27-28-29-30-31-32-34-35-37-39-41-43-45-47-49-51-53-55-62(65)69-59-61(60-71-73(67,68)70-58-57-64)72-63(66)56-54-52-50-48-46-44-42-40-38-36-33-26-24-22-20-18-16-14-12-10-8-6-4-2/h6,8,12,14-15,17-18,20-21,23-24,26,36,38,42,44,48,50,61H,3-5,7,9-11,13,16,19,22,25,27-35,37,39-41,43,45-47,49,51-60,64H2,1-2H3,(H,67,68)/b8-6-,14-12-,17-15-,20-18-,23-21-,26-24-,38-36-,44-42-,50-48-. The van der Waals surface area contributed by atoms with Gasteiger partial charge in [0.1, 0.15) is 6.61 Å². The summed E-state index contributed by atoms with van der Waals surface area (Å²) in [6.07, 6.45) is 78.7. The highest BCUT2D eigenvalue weighted by Crippen LogP contribution is 2.43. The molecule has 10 heteroatoms. The van der Waals surface area contributed by atoms with Crippen LogP contribution < -0.4 is 5.73 Å². The smallest absolute Gasteiger partial charge is 0.462 e. The Balaban J connectivity index is 4.04. The van der Waals surface area contributed by atoms with Gasteiger partial charge in [0.05, 0.1) is 13.2 Å². The van der Waals surface area contributed by atoms with E-state index >= 15 is 0 Å². The predicted molar refractivity (Wildman–Crippen MR) is 311 cm³/mol. The van der Waals surface area contributed by atoms with E-state index < -0.39 is 32.5 Å². The Morgan fingerprint density at radius 2 is 0.767 bits per heavy atom. The van der Waals surface area contributed by atoms with E-state index in [0.29, 0.717) is 12.8 Å². The van der Waals surface area contributed by atoms with Gasteiger partial charge in [0.15, 0.2) is 6.10 Å². The second-order valence-electron chi connectivity index (χ2n) is 19.1. The van der Waals surface area contributed by atoms with Gasteiger partial charge >= 0.3 is 19.8 Å². The highest BCUT2D eigenvalue weighted by Gasteiger charge is 2.26. The van der Waals surface area contributed by atoms with Gasteiger partial charge in [-0.1, -0.05) is 245 Å². The first-order valence-corrected chi connectivity index (χ1v) is 30.9. The minimum absolute atomic E-state index is 0.0392. The fourth-order valence-corrected chi connectivity index (χ4v) is 8.60. The Labute approximate surface area is 448 Å². The lowest BCUT2D eigenvalue weighted by molar-refractivity contribution is -0.161. The third-order valence-corrected chi connectivity index (χ3v) is 13.1. The minimum Gasteiger partial charge on any atom is -0.462 e. The average molecular weight is 1040 g/mol. The SMILES string of the molecule is CC/C=C\C/C=C\C/C=C\C/C=C\C/C=C\C/C=C\C/C=C\CCCC(=O)OC(COC(=O)CCCCCCCCCCCCCCCCCCC/C=C\C/C=C\CCCCCCC)COP(=O)(O)OCCN. The van der Waals surface area contributed by atoms with Gasteiger partial charge in [-0.3, -0.25) is 18.6 Å². The molecule has 418 valence electrons. The van der Waals surface area contributed by atoms with Crippen molar-refractivity contribution in [3.63, 3.8) is 0 Å². The molecule has 0 aromatic rings. The molecule has 0 amide bonds. The number of nitrogens with two attached hydrogens (primary N) is 1. The molecule has 0 rings (SSSR count). The van der Waals surface area contributed by atoms with Crippen molar-refractivity contribution in [3.05, 3.63) is 109 Å². The number of phosphoric acid groups is 1. The van der Waals surface area contributed by atoms with E-state index in [-0.39, 0.29) is 32.6 Å². The predicted octanol–water partition coefficient (Wildman–Crippen LogP) is 18.6. The molecule has 0 spiro atoms. The van der Waals surface area contributed by atoms with E-state index in [1.807, 2.05) is 6.08 Å². The summed E-state index contributed by atoms with van der Waals surface area (Å²) < 4.78 is 33.0. The number of allylic oxidation sites excluding steroid dienone is 18. The number of hydrogen-bond acceptors (Lipinski definition) is 8. The molecule has 0 aliphatic carbocycles. The number of unbranched alkanes of at least 4 members (excludes halogenated alkanes) is 23. The van der Waals surface area contributed by atoms with Crippen LogP contribution in [0.3, 0.4) is 0 Å². The van der Waals surface area contributed by atoms with E-state index in [0.717, 1.165) is 70.6 Å². The van der Waals surface area contributed by atoms with Crippen molar-refractivity contribution < 1.29 is 37.6 Å². The van der Waals surface area contributed by atoms with Crippen molar-refractivity contribution in [1.29, 1.82) is 0 Å². The minimum atomic E-state index is -4.41. The fraction of sp³-hybridized carbons (Fsp3) is 0.683.